The van der Waals surface area contributed by atoms with Crippen LogP contribution in [0.15, 0.2) is 18.2 Å². The van der Waals surface area contributed by atoms with Crippen molar-refractivity contribution < 1.29 is 14.6 Å². The van der Waals surface area contributed by atoms with Crippen LogP contribution < -0.4 is 4.74 Å². The third-order valence-electron chi connectivity index (χ3n) is 2.58. The molecule has 0 saturated heterocycles. The summed E-state index contributed by atoms with van der Waals surface area (Å²) in [5.41, 5.74) is 1.91. The number of carboxylic acids is 1. The number of ether oxygens (including phenoxy) is 1. The predicted octanol–water partition coefficient (Wildman–Crippen LogP) is 1.81. The van der Waals surface area contributed by atoms with Crippen LogP contribution in [0.1, 0.15) is 24.0 Å². The highest BCUT2D eigenvalue weighted by Crippen LogP contribution is 2.34. The molecule has 0 amide bonds. The molecular weight excluding hydrogens is 180 g/mol. The molecule has 2 rings (SSSR count). The summed E-state index contributed by atoms with van der Waals surface area (Å²) in [4.78, 5) is 10.8. The van der Waals surface area contributed by atoms with Crippen LogP contribution in [0, 0.1) is 0 Å². The maximum absolute atomic E-state index is 10.8. The fourth-order valence-corrected chi connectivity index (χ4v) is 1.71. The molecule has 14 heavy (non-hydrogen) atoms. The Morgan fingerprint density at radius 3 is 3.07 bits per heavy atom. The minimum Gasteiger partial charge on any atom is -0.493 e. The summed E-state index contributed by atoms with van der Waals surface area (Å²) in [6, 6.07) is 5.70. The Morgan fingerprint density at radius 1 is 1.57 bits per heavy atom. The topological polar surface area (TPSA) is 46.5 Å². The maximum atomic E-state index is 10.8. The van der Waals surface area contributed by atoms with Crippen molar-refractivity contribution >= 4 is 5.97 Å². The smallest absolute Gasteiger partial charge is 0.310 e. The first-order valence-electron chi connectivity index (χ1n) is 4.67. The van der Waals surface area contributed by atoms with E-state index in [1.165, 1.54) is 0 Å². The van der Waals surface area contributed by atoms with Crippen molar-refractivity contribution in [2.75, 3.05) is 6.61 Å². The second-order valence-corrected chi connectivity index (χ2v) is 3.49. The molecule has 0 saturated carbocycles. The summed E-state index contributed by atoms with van der Waals surface area (Å²) < 4.78 is 5.44. The van der Waals surface area contributed by atoms with Crippen molar-refractivity contribution in [1.82, 2.24) is 0 Å². The van der Waals surface area contributed by atoms with E-state index >= 15 is 0 Å². The fraction of sp³-hybridized carbons (Fsp3) is 0.364. The molecular formula is C11H12O3. The lowest BCUT2D eigenvalue weighted by Gasteiger charge is -2.11. The van der Waals surface area contributed by atoms with Crippen LogP contribution >= 0.6 is 0 Å². The number of benzene rings is 1. The number of rotatable bonds is 2. The van der Waals surface area contributed by atoms with Crippen molar-refractivity contribution in [2.24, 2.45) is 0 Å². The standard InChI is InChI=1S/C11H12O3/c1-7(11(12)13)9-4-2-3-8-5-6-14-10(8)9/h2-4,7H,5-6H2,1H3,(H,12,13). The average molecular weight is 192 g/mol. The van der Waals surface area contributed by atoms with E-state index in [9.17, 15) is 4.79 Å². The van der Waals surface area contributed by atoms with Gasteiger partial charge in [0.15, 0.2) is 0 Å². The van der Waals surface area contributed by atoms with E-state index in [0.717, 1.165) is 23.3 Å². The number of carbonyl (C=O) groups is 1. The van der Waals surface area contributed by atoms with Crippen LogP contribution in [-0.4, -0.2) is 17.7 Å². The molecule has 74 valence electrons. The lowest BCUT2D eigenvalue weighted by atomic mass is 9.98. The Kier molecular flexibility index (Phi) is 2.15. The number of fused-ring (bicyclic) bond motifs is 1. The van der Waals surface area contributed by atoms with Crippen molar-refractivity contribution in [3.05, 3.63) is 29.3 Å². The summed E-state index contributed by atoms with van der Waals surface area (Å²) in [6.45, 7) is 2.35. The van der Waals surface area contributed by atoms with Gasteiger partial charge in [-0.1, -0.05) is 18.2 Å². The first kappa shape index (κ1) is 9.06. The van der Waals surface area contributed by atoms with E-state index in [-0.39, 0.29) is 0 Å². The number of para-hydroxylation sites is 1. The van der Waals surface area contributed by atoms with Gasteiger partial charge in [-0.2, -0.15) is 0 Å². The molecule has 1 aromatic carbocycles. The number of carboxylic acid groups (broad SMARTS) is 1. The van der Waals surface area contributed by atoms with Gasteiger partial charge in [-0.3, -0.25) is 4.79 Å². The van der Waals surface area contributed by atoms with Crippen LogP contribution in [0.25, 0.3) is 0 Å². The zero-order valence-electron chi connectivity index (χ0n) is 7.99. The van der Waals surface area contributed by atoms with Crippen molar-refractivity contribution in [1.29, 1.82) is 0 Å². The molecule has 0 radical (unpaired) electrons. The van der Waals surface area contributed by atoms with Gasteiger partial charge in [0.1, 0.15) is 5.75 Å². The van der Waals surface area contributed by atoms with Crippen LogP contribution in [0.3, 0.4) is 0 Å². The Labute approximate surface area is 82.3 Å². The van der Waals surface area contributed by atoms with E-state index < -0.39 is 11.9 Å². The number of aliphatic carboxylic acids is 1. The molecule has 1 heterocycles. The zero-order valence-corrected chi connectivity index (χ0v) is 7.99. The van der Waals surface area contributed by atoms with Crippen LogP contribution in [0.4, 0.5) is 0 Å². The first-order valence-corrected chi connectivity index (χ1v) is 4.67. The first-order chi connectivity index (χ1) is 6.70. The monoisotopic (exact) mass is 192 g/mol. The molecule has 0 aliphatic carbocycles. The summed E-state index contributed by atoms with van der Waals surface area (Å²) >= 11 is 0. The second kappa shape index (κ2) is 3.33. The van der Waals surface area contributed by atoms with E-state index in [2.05, 4.69) is 0 Å². The highest BCUT2D eigenvalue weighted by molar-refractivity contribution is 5.77. The minimum atomic E-state index is -0.811. The van der Waals surface area contributed by atoms with Gasteiger partial charge in [-0.25, -0.2) is 0 Å². The van der Waals surface area contributed by atoms with Crippen molar-refractivity contribution in [2.45, 2.75) is 19.3 Å². The molecule has 3 nitrogen and oxygen atoms in total. The Hall–Kier alpha value is -1.51. The van der Waals surface area contributed by atoms with E-state index in [0.29, 0.717) is 6.61 Å². The summed E-state index contributed by atoms with van der Waals surface area (Å²) in [5.74, 6) is -0.528. The van der Waals surface area contributed by atoms with E-state index in [4.69, 9.17) is 9.84 Å². The third-order valence-corrected chi connectivity index (χ3v) is 2.58. The number of hydrogen-bond acceptors (Lipinski definition) is 2. The molecule has 1 aromatic rings. The largest absolute Gasteiger partial charge is 0.493 e. The summed E-state index contributed by atoms with van der Waals surface area (Å²) in [6.07, 6.45) is 0.884. The molecule has 0 spiro atoms. The van der Waals surface area contributed by atoms with Gasteiger partial charge in [0.25, 0.3) is 0 Å². The fourth-order valence-electron chi connectivity index (χ4n) is 1.71. The minimum absolute atomic E-state index is 0.497. The molecule has 1 atom stereocenters. The van der Waals surface area contributed by atoms with Gasteiger partial charge in [0.05, 0.1) is 12.5 Å². The Morgan fingerprint density at radius 2 is 2.36 bits per heavy atom. The van der Waals surface area contributed by atoms with Crippen molar-refractivity contribution in [3.63, 3.8) is 0 Å². The quantitative estimate of drug-likeness (QED) is 0.777. The predicted molar refractivity (Wildman–Crippen MR) is 51.7 cm³/mol. The lowest BCUT2D eigenvalue weighted by molar-refractivity contribution is -0.138. The van der Waals surface area contributed by atoms with E-state index in [1.54, 1.807) is 6.92 Å². The molecule has 3 heteroatoms. The van der Waals surface area contributed by atoms with Crippen molar-refractivity contribution in [3.8, 4) is 5.75 Å². The average Bonchev–Trinajstić information content (AvgIpc) is 2.63. The molecule has 1 N–H and O–H groups in total. The Bertz CT molecular complexity index is 371. The van der Waals surface area contributed by atoms with Gasteiger partial charge in [0.2, 0.25) is 0 Å². The summed E-state index contributed by atoms with van der Waals surface area (Å²) in [5, 5.41) is 8.91. The van der Waals surface area contributed by atoms with Crippen LogP contribution in [0.2, 0.25) is 0 Å². The second-order valence-electron chi connectivity index (χ2n) is 3.49. The highest BCUT2D eigenvalue weighted by Gasteiger charge is 2.23. The Balaban J connectivity index is 2.44. The van der Waals surface area contributed by atoms with Gasteiger partial charge in [-0.05, 0) is 12.5 Å². The lowest BCUT2D eigenvalue weighted by Crippen LogP contribution is -2.08. The molecule has 1 aliphatic heterocycles. The molecule has 0 aromatic heterocycles. The van der Waals surface area contributed by atoms with Gasteiger partial charge >= 0.3 is 5.97 Å². The van der Waals surface area contributed by atoms with Crippen LogP contribution in [0.5, 0.6) is 5.75 Å². The van der Waals surface area contributed by atoms with Gasteiger partial charge < -0.3 is 9.84 Å². The molecule has 1 unspecified atom stereocenters. The molecule has 0 fully saturated rings. The zero-order chi connectivity index (χ0) is 10.1. The molecule has 0 bridgehead atoms. The molecule has 1 aliphatic rings. The van der Waals surface area contributed by atoms with Gasteiger partial charge in [-0.15, -0.1) is 0 Å². The van der Waals surface area contributed by atoms with Crippen LogP contribution in [-0.2, 0) is 11.2 Å². The summed E-state index contributed by atoms with van der Waals surface area (Å²) in [7, 11) is 0. The maximum Gasteiger partial charge on any atom is 0.310 e. The van der Waals surface area contributed by atoms with Gasteiger partial charge in [0, 0.05) is 12.0 Å². The normalized spacial score (nSPS) is 15.8. The van der Waals surface area contributed by atoms with E-state index in [1.807, 2.05) is 18.2 Å². The third kappa shape index (κ3) is 1.35. The SMILES string of the molecule is CC(C(=O)O)c1cccc2c1OCC2. The number of hydrogen-bond donors (Lipinski definition) is 1. The highest BCUT2D eigenvalue weighted by atomic mass is 16.5.